The number of rotatable bonds is 12. The molecular formula is C54H104BBr2F2N6O10S2. The maximum Gasteiger partial charge on any atom is 0.417 e. The SMILES string of the molecule is C.CN.COCCOCN(C(=O)OC(C)(C)C)C1=N[C@](C)(c2cc(Br)ccc2F)CS(C)(C)(C)(C)C1(C)C.COCCOCN(C(=O)OC(C)(C)C)C1=N[C@](C)(c2cc(Br)ccc2F)CS(C)(C)(C)(C)C1(C)C.N.O.O.[B]. The van der Waals surface area contributed by atoms with Crippen molar-refractivity contribution in [2.45, 2.75) is 122 Å². The lowest BCUT2D eigenvalue weighted by atomic mass is 9.93. The van der Waals surface area contributed by atoms with Gasteiger partial charge >= 0.3 is 12.2 Å². The van der Waals surface area contributed by atoms with E-state index in [9.17, 15) is 9.59 Å². The largest absolute Gasteiger partial charge is 0.443 e. The van der Waals surface area contributed by atoms with Gasteiger partial charge in [-0.2, -0.15) is 0 Å². The molecule has 2 aromatic carbocycles. The van der Waals surface area contributed by atoms with E-state index in [1.807, 2.05) is 55.4 Å². The second-order valence-electron chi connectivity index (χ2n) is 27.0. The van der Waals surface area contributed by atoms with Gasteiger partial charge in [0.25, 0.3) is 0 Å². The van der Waals surface area contributed by atoms with Gasteiger partial charge in [-0.15, -0.1) is 0 Å². The number of carbonyl (C=O) groups is 2. The Balaban J connectivity index is -0.000000631. The summed E-state index contributed by atoms with van der Waals surface area (Å²) < 4.78 is 64.4. The highest BCUT2D eigenvalue weighted by atomic mass is 79.9. The van der Waals surface area contributed by atoms with E-state index in [0.29, 0.717) is 60.7 Å². The number of amides is 2. The van der Waals surface area contributed by atoms with Gasteiger partial charge in [0.05, 0.1) is 37.5 Å². The average Bonchev–Trinajstić information content (AvgIpc) is 3.18. The van der Waals surface area contributed by atoms with Gasteiger partial charge < -0.3 is 51.3 Å². The Morgan fingerprint density at radius 3 is 1.13 bits per heavy atom. The van der Waals surface area contributed by atoms with Gasteiger partial charge in [-0.1, -0.05) is 39.3 Å². The minimum absolute atomic E-state index is 0. The molecule has 0 bridgehead atoms. The van der Waals surface area contributed by atoms with Crippen LogP contribution in [-0.2, 0) is 39.5 Å². The van der Waals surface area contributed by atoms with E-state index >= 15 is 8.78 Å². The zero-order valence-electron chi connectivity index (χ0n) is 50.4. The molecule has 16 nitrogen and oxygen atoms in total. The van der Waals surface area contributed by atoms with Crippen LogP contribution in [0.5, 0.6) is 0 Å². The summed E-state index contributed by atoms with van der Waals surface area (Å²) in [4.78, 5) is 40.4. The second kappa shape index (κ2) is 26.2. The molecule has 4 rings (SSSR count). The van der Waals surface area contributed by atoms with E-state index in [1.54, 1.807) is 38.5 Å². The molecule has 2 amide bonds. The summed E-state index contributed by atoms with van der Waals surface area (Å²) in [5.74, 6) is 1.70. The van der Waals surface area contributed by atoms with Crippen molar-refractivity contribution in [2.24, 2.45) is 15.7 Å². The fourth-order valence-electron chi connectivity index (χ4n) is 9.05. The molecule has 2 heterocycles. The lowest BCUT2D eigenvalue weighted by Gasteiger charge is -2.81. The molecular weight excluding hydrogens is 1170 g/mol. The predicted octanol–water partition coefficient (Wildman–Crippen LogP) is 10.8. The second-order valence-corrected chi connectivity index (χ2v) is 49.7. The zero-order valence-corrected chi connectivity index (χ0v) is 55.2. The summed E-state index contributed by atoms with van der Waals surface area (Å²) in [5, 5.41) is 0. The van der Waals surface area contributed by atoms with Gasteiger partial charge in [0, 0.05) is 52.2 Å². The number of nitrogens with zero attached hydrogens (tertiary/aromatic N) is 4. The topological polar surface area (TPSA) is 245 Å². The van der Waals surface area contributed by atoms with E-state index in [-0.39, 0.29) is 58.0 Å². The van der Waals surface area contributed by atoms with Crippen molar-refractivity contribution < 1.29 is 57.7 Å². The standard InChI is InChI=1S/2C26H44BrFN2O4S.CH5N.CH4.B.H3N.2H2O/c2*1-24(2,3)34-23(31)30(18-33-15-14-32-7)22-25(4,5)35(8,9,10,11)17-26(6,29-22)20-16-19(27)12-13-21(20)28;1-2;;;;;/h2*12-13,16H,14-15,17-18H2,1-11H3;2H2,1H3;1H4;;1H3;2*1H2/t2*26-;;;;;;/m00....../s1. The van der Waals surface area contributed by atoms with Crippen molar-refractivity contribution in [2.75, 3.05) is 123 Å². The van der Waals surface area contributed by atoms with E-state index in [1.165, 1.54) is 29.0 Å². The van der Waals surface area contributed by atoms with Crippen LogP contribution in [-0.4, -0.2) is 196 Å². The lowest BCUT2D eigenvalue weighted by Crippen LogP contribution is -2.67. The van der Waals surface area contributed by atoms with Gasteiger partial charge in [-0.25, -0.2) is 28.2 Å². The summed E-state index contributed by atoms with van der Waals surface area (Å²) in [5.41, 5.74) is 2.23. The smallest absolute Gasteiger partial charge is 0.417 e. The molecule has 2 aromatic rings. The van der Waals surface area contributed by atoms with Crippen LogP contribution in [0.3, 0.4) is 0 Å². The molecule has 3 radical (unpaired) electrons. The number of benzene rings is 2. The first-order valence-corrected chi connectivity index (χ1v) is 34.1. The zero-order chi connectivity index (χ0) is 56.3. The van der Waals surface area contributed by atoms with Crippen LogP contribution in [0.1, 0.15) is 102 Å². The number of hydrogen-bond donors (Lipinski definition) is 2. The molecule has 23 heteroatoms. The normalized spacial score (nSPS) is 24.1. The van der Waals surface area contributed by atoms with E-state index < -0.39 is 60.5 Å². The first-order valence-electron chi connectivity index (χ1n) is 24.0. The molecule has 77 heavy (non-hydrogen) atoms. The third kappa shape index (κ3) is 18.8. The predicted molar refractivity (Wildman–Crippen MR) is 335 cm³/mol. The number of aliphatic imine (C=N–C) groups is 2. The number of amidine groups is 2. The fourth-order valence-corrected chi connectivity index (χ4v) is 18.0. The molecule has 0 saturated heterocycles. The first kappa shape index (κ1) is 81.1. The van der Waals surface area contributed by atoms with E-state index in [0.717, 1.165) is 8.95 Å². The molecule has 2 aliphatic rings. The highest BCUT2D eigenvalue weighted by Crippen LogP contribution is 2.90. The minimum Gasteiger partial charge on any atom is -0.443 e. The van der Waals surface area contributed by atoms with Crippen molar-refractivity contribution in [1.29, 1.82) is 0 Å². The maximum absolute atomic E-state index is 15.3. The van der Waals surface area contributed by atoms with Crippen LogP contribution in [0.15, 0.2) is 55.3 Å². The fraction of sp³-hybridized carbons (Fsp3) is 0.704. The van der Waals surface area contributed by atoms with Crippen LogP contribution in [0.2, 0.25) is 0 Å². The van der Waals surface area contributed by atoms with Gasteiger partial charge in [0.2, 0.25) is 0 Å². The third-order valence-corrected chi connectivity index (χ3v) is 29.2. The lowest BCUT2D eigenvalue weighted by molar-refractivity contribution is -0.00391. The number of methoxy groups -OCH3 is 2. The Bertz CT molecular complexity index is 2210. The molecule has 0 aliphatic carbocycles. The molecule has 0 spiro atoms. The Morgan fingerprint density at radius 2 is 0.883 bits per heavy atom. The summed E-state index contributed by atoms with van der Waals surface area (Å²) in [6.45, 7) is 24.6. The van der Waals surface area contributed by atoms with Crippen LogP contribution >= 0.6 is 48.4 Å². The van der Waals surface area contributed by atoms with Crippen LogP contribution < -0.4 is 11.9 Å². The number of nitrogens with two attached hydrogens (primary N) is 1. The molecule has 0 fully saturated rings. The van der Waals surface area contributed by atoms with Crippen molar-refractivity contribution >= 4 is 80.7 Å². The number of carbonyl (C=O) groups excluding carboxylic acids is 2. The molecule has 2 aliphatic heterocycles. The Hall–Kier alpha value is -2.42. The Kier molecular flexibility index (Phi) is 27.6. The van der Waals surface area contributed by atoms with Gasteiger partial charge in [-0.05, 0) is 188 Å². The Labute approximate surface area is 480 Å². The number of hydrogen-bond acceptors (Lipinski definition) is 12. The van der Waals surface area contributed by atoms with Gasteiger partial charge in [0.1, 0.15) is 48.0 Å². The van der Waals surface area contributed by atoms with E-state index in [2.05, 4.69) is 115 Å². The monoisotopic (exact) mass is 1270 g/mol. The van der Waals surface area contributed by atoms with Gasteiger partial charge in [0.15, 0.2) is 0 Å². The molecule has 2 atom stereocenters. The number of halogens is 4. The van der Waals surface area contributed by atoms with Crippen molar-refractivity contribution in [3.05, 3.63) is 68.1 Å². The van der Waals surface area contributed by atoms with Crippen LogP contribution in [0, 0.1) is 11.6 Å². The molecule has 453 valence electrons. The molecule has 0 unspecified atom stereocenters. The Morgan fingerprint density at radius 1 is 0.610 bits per heavy atom. The summed E-state index contributed by atoms with van der Waals surface area (Å²) in [6.07, 6.45) is 17.1. The molecule has 0 saturated carbocycles. The van der Waals surface area contributed by atoms with Crippen LogP contribution in [0.25, 0.3) is 0 Å². The summed E-state index contributed by atoms with van der Waals surface area (Å²) in [7, 11) is -1.44. The molecule has 9 N–H and O–H groups in total. The summed E-state index contributed by atoms with van der Waals surface area (Å²) in [6, 6.07) is 9.85. The highest BCUT2D eigenvalue weighted by Gasteiger charge is 2.67. The maximum atomic E-state index is 15.3. The molecule has 0 aromatic heterocycles. The first-order chi connectivity index (χ1) is 32.1. The van der Waals surface area contributed by atoms with Crippen molar-refractivity contribution in [3.63, 3.8) is 0 Å². The quantitative estimate of drug-likeness (QED) is 0.116. The van der Waals surface area contributed by atoms with Crippen molar-refractivity contribution in [1.82, 2.24) is 16.0 Å². The van der Waals surface area contributed by atoms with Gasteiger partial charge in [-0.3, -0.25) is 26.6 Å². The van der Waals surface area contributed by atoms with E-state index in [4.69, 9.17) is 38.4 Å². The van der Waals surface area contributed by atoms with Crippen molar-refractivity contribution in [3.8, 4) is 0 Å². The highest BCUT2D eigenvalue weighted by molar-refractivity contribution is 9.10. The number of ether oxygens (including phenoxy) is 6. The average molecular weight is 1270 g/mol. The minimum atomic E-state index is -3.06. The summed E-state index contributed by atoms with van der Waals surface area (Å²) >= 11 is 6.98. The third-order valence-electron chi connectivity index (χ3n) is 14.5. The van der Waals surface area contributed by atoms with Crippen LogP contribution in [0.4, 0.5) is 18.4 Å².